The van der Waals surface area contributed by atoms with Crippen molar-refractivity contribution in [2.24, 2.45) is 0 Å². The summed E-state index contributed by atoms with van der Waals surface area (Å²) in [5.41, 5.74) is 1.86. The number of aromatic nitrogens is 1. The largest absolute Gasteiger partial charge is 0.367 e. The quantitative estimate of drug-likeness (QED) is 0.817. The minimum Gasteiger partial charge on any atom is -0.367 e. The first-order valence-electron chi connectivity index (χ1n) is 5.02. The summed E-state index contributed by atoms with van der Waals surface area (Å²) in [5, 5.41) is 3.14. The number of benzene rings is 1. The summed E-state index contributed by atoms with van der Waals surface area (Å²) in [5.74, 6) is -1.62. The van der Waals surface area contributed by atoms with Gasteiger partial charge in [0.1, 0.15) is 0 Å². The lowest BCUT2D eigenvalue weighted by molar-refractivity contribution is 0.506. The molecule has 0 saturated heterocycles. The van der Waals surface area contributed by atoms with Gasteiger partial charge in [0.25, 0.3) is 0 Å². The second-order valence-electron chi connectivity index (χ2n) is 3.57. The zero-order valence-corrected chi connectivity index (χ0v) is 8.63. The van der Waals surface area contributed by atoms with Crippen molar-refractivity contribution in [1.29, 1.82) is 0 Å². The van der Waals surface area contributed by atoms with E-state index in [1.54, 1.807) is 6.07 Å². The van der Waals surface area contributed by atoms with Gasteiger partial charge in [-0.05, 0) is 29.3 Å². The summed E-state index contributed by atoms with van der Waals surface area (Å²) in [6, 6.07) is 5.88. The Morgan fingerprint density at radius 2 is 1.81 bits per heavy atom. The summed E-state index contributed by atoms with van der Waals surface area (Å²) in [6.07, 6.45) is 3.73. The highest BCUT2D eigenvalue weighted by atomic mass is 19.2. The minimum absolute atomic E-state index is 0.516. The first-order valence-corrected chi connectivity index (χ1v) is 5.02. The number of H-pyrrole nitrogens is 1. The van der Waals surface area contributed by atoms with E-state index >= 15 is 0 Å². The molecule has 0 aliphatic carbocycles. The van der Waals surface area contributed by atoms with Gasteiger partial charge >= 0.3 is 0 Å². The van der Waals surface area contributed by atoms with Gasteiger partial charge in [-0.25, -0.2) is 8.78 Å². The zero-order valence-electron chi connectivity index (χ0n) is 8.63. The molecule has 0 spiro atoms. The summed E-state index contributed by atoms with van der Waals surface area (Å²) in [6.45, 7) is 1.21. The Hall–Kier alpha value is -1.68. The number of hydrogen-bond acceptors (Lipinski definition) is 1. The van der Waals surface area contributed by atoms with Crippen LogP contribution in [0.15, 0.2) is 36.7 Å². The van der Waals surface area contributed by atoms with Gasteiger partial charge in [0.15, 0.2) is 11.6 Å². The summed E-state index contributed by atoms with van der Waals surface area (Å²) in [4.78, 5) is 2.95. The van der Waals surface area contributed by atoms with Crippen LogP contribution in [0, 0.1) is 11.6 Å². The Bertz CT molecular complexity index is 452. The lowest BCUT2D eigenvalue weighted by Crippen LogP contribution is -2.12. The smallest absolute Gasteiger partial charge is 0.159 e. The monoisotopic (exact) mass is 222 g/mol. The number of hydrogen-bond donors (Lipinski definition) is 2. The first kappa shape index (κ1) is 10.8. The van der Waals surface area contributed by atoms with Gasteiger partial charge in [0.2, 0.25) is 0 Å². The van der Waals surface area contributed by atoms with E-state index in [0.29, 0.717) is 13.1 Å². The summed E-state index contributed by atoms with van der Waals surface area (Å²) in [7, 11) is 0. The standard InChI is InChI=1S/C12H12F2N2/c13-11-2-1-9(5-12(11)14)6-16-8-10-3-4-15-7-10/h1-5,7,15-16H,6,8H2. The normalized spacial score (nSPS) is 10.6. The molecule has 2 nitrogen and oxygen atoms in total. The van der Waals surface area contributed by atoms with Crippen LogP contribution in [0.5, 0.6) is 0 Å². The average molecular weight is 222 g/mol. The van der Waals surface area contributed by atoms with Gasteiger partial charge in [-0.1, -0.05) is 6.07 Å². The Kier molecular flexibility index (Phi) is 3.31. The molecule has 1 aromatic carbocycles. The number of rotatable bonds is 4. The van der Waals surface area contributed by atoms with Gasteiger partial charge in [-0.3, -0.25) is 0 Å². The lowest BCUT2D eigenvalue weighted by Gasteiger charge is -2.04. The second-order valence-corrected chi connectivity index (χ2v) is 3.57. The van der Waals surface area contributed by atoms with Crippen molar-refractivity contribution in [2.45, 2.75) is 13.1 Å². The number of nitrogens with one attached hydrogen (secondary N) is 2. The predicted molar refractivity (Wildman–Crippen MR) is 57.7 cm³/mol. The van der Waals surface area contributed by atoms with E-state index in [1.807, 2.05) is 18.5 Å². The van der Waals surface area contributed by atoms with Crippen LogP contribution in [0.1, 0.15) is 11.1 Å². The summed E-state index contributed by atoms with van der Waals surface area (Å²) >= 11 is 0. The molecule has 0 unspecified atom stereocenters. The molecule has 1 aromatic heterocycles. The number of halogens is 2. The van der Waals surface area contributed by atoms with E-state index < -0.39 is 11.6 Å². The van der Waals surface area contributed by atoms with Crippen molar-refractivity contribution in [2.75, 3.05) is 0 Å². The van der Waals surface area contributed by atoms with Gasteiger partial charge in [-0.2, -0.15) is 0 Å². The van der Waals surface area contributed by atoms with Crippen LogP contribution in [0.3, 0.4) is 0 Å². The van der Waals surface area contributed by atoms with Gasteiger partial charge in [0, 0.05) is 25.5 Å². The Morgan fingerprint density at radius 3 is 2.50 bits per heavy atom. The Labute approximate surface area is 92.3 Å². The van der Waals surface area contributed by atoms with Crippen LogP contribution in [0.25, 0.3) is 0 Å². The number of aromatic amines is 1. The van der Waals surface area contributed by atoms with Crippen molar-refractivity contribution in [1.82, 2.24) is 10.3 Å². The van der Waals surface area contributed by atoms with Crippen LogP contribution in [-0.4, -0.2) is 4.98 Å². The maximum Gasteiger partial charge on any atom is 0.159 e. The van der Waals surface area contributed by atoms with E-state index in [9.17, 15) is 8.78 Å². The van der Waals surface area contributed by atoms with Gasteiger partial charge in [0.05, 0.1) is 0 Å². The molecule has 4 heteroatoms. The molecule has 2 aromatic rings. The molecule has 0 atom stereocenters. The molecule has 0 radical (unpaired) electrons. The maximum atomic E-state index is 12.9. The van der Waals surface area contributed by atoms with E-state index in [-0.39, 0.29) is 0 Å². The molecule has 0 aliphatic rings. The van der Waals surface area contributed by atoms with Gasteiger partial charge < -0.3 is 10.3 Å². The highest BCUT2D eigenvalue weighted by Crippen LogP contribution is 2.08. The molecule has 0 bridgehead atoms. The van der Waals surface area contributed by atoms with Crippen molar-refractivity contribution in [3.8, 4) is 0 Å². The fourth-order valence-corrected chi connectivity index (χ4v) is 1.47. The predicted octanol–water partition coefficient (Wildman–Crippen LogP) is 2.58. The highest BCUT2D eigenvalue weighted by Gasteiger charge is 2.02. The molecule has 16 heavy (non-hydrogen) atoms. The first-order chi connectivity index (χ1) is 7.75. The Morgan fingerprint density at radius 1 is 1.00 bits per heavy atom. The summed E-state index contributed by atoms with van der Waals surface area (Å²) < 4.78 is 25.5. The maximum absolute atomic E-state index is 12.9. The molecule has 84 valence electrons. The highest BCUT2D eigenvalue weighted by molar-refractivity contribution is 5.17. The van der Waals surface area contributed by atoms with Crippen LogP contribution in [0.4, 0.5) is 8.78 Å². The molecular weight excluding hydrogens is 210 g/mol. The van der Waals surface area contributed by atoms with Crippen LogP contribution < -0.4 is 5.32 Å². The molecular formula is C12H12F2N2. The SMILES string of the molecule is Fc1ccc(CNCc2cc[nH]c2)cc1F. The molecule has 2 rings (SSSR count). The second kappa shape index (κ2) is 4.90. The van der Waals surface area contributed by atoms with E-state index in [0.717, 1.165) is 17.2 Å². The van der Waals surface area contributed by atoms with E-state index in [4.69, 9.17) is 0 Å². The molecule has 0 amide bonds. The van der Waals surface area contributed by atoms with Crippen molar-refractivity contribution < 1.29 is 8.78 Å². The fourth-order valence-electron chi connectivity index (χ4n) is 1.47. The van der Waals surface area contributed by atoms with Crippen molar-refractivity contribution in [3.63, 3.8) is 0 Å². The third kappa shape index (κ3) is 2.67. The molecule has 1 heterocycles. The van der Waals surface area contributed by atoms with Crippen molar-refractivity contribution >= 4 is 0 Å². The third-order valence-electron chi connectivity index (χ3n) is 2.30. The third-order valence-corrected chi connectivity index (χ3v) is 2.30. The molecule has 0 fully saturated rings. The minimum atomic E-state index is -0.811. The molecule has 2 N–H and O–H groups in total. The van der Waals surface area contributed by atoms with Crippen molar-refractivity contribution in [3.05, 3.63) is 59.4 Å². The van der Waals surface area contributed by atoms with Crippen LogP contribution >= 0.6 is 0 Å². The Balaban J connectivity index is 1.87. The topological polar surface area (TPSA) is 27.8 Å². The van der Waals surface area contributed by atoms with Crippen LogP contribution in [-0.2, 0) is 13.1 Å². The van der Waals surface area contributed by atoms with E-state index in [1.165, 1.54) is 6.07 Å². The lowest BCUT2D eigenvalue weighted by atomic mass is 10.2. The molecule has 0 saturated carbocycles. The van der Waals surface area contributed by atoms with Crippen LogP contribution in [0.2, 0.25) is 0 Å². The fraction of sp³-hybridized carbons (Fsp3) is 0.167. The zero-order chi connectivity index (χ0) is 11.4. The van der Waals surface area contributed by atoms with Gasteiger partial charge in [-0.15, -0.1) is 0 Å². The van der Waals surface area contributed by atoms with E-state index in [2.05, 4.69) is 10.3 Å². The average Bonchev–Trinajstić information content (AvgIpc) is 2.76. The molecule has 0 aliphatic heterocycles.